The number of amides is 2. The molecule has 2 amide bonds. The molecule has 308 valence electrons. The van der Waals surface area contributed by atoms with Gasteiger partial charge in [-0.05, 0) is 89.8 Å². The van der Waals surface area contributed by atoms with Gasteiger partial charge in [0.15, 0.2) is 0 Å². The Bertz CT molecular complexity index is 1510. The lowest BCUT2D eigenvalue weighted by Gasteiger charge is -2.23. The first-order valence-electron chi connectivity index (χ1n) is 16.1. The highest BCUT2D eigenvalue weighted by Gasteiger charge is 2.22. The van der Waals surface area contributed by atoms with Crippen LogP contribution in [-0.4, -0.2) is 100 Å². The van der Waals surface area contributed by atoms with Crippen LogP contribution in [0.5, 0.6) is 0 Å². The fourth-order valence-electron chi connectivity index (χ4n) is 3.68. The van der Waals surface area contributed by atoms with Crippen molar-refractivity contribution >= 4 is 81.8 Å². The van der Waals surface area contributed by atoms with Crippen molar-refractivity contribution in [3.8, 4) is 0 Å². The zero-order chi connectivity index (χ0) is 40.8. The predicted molar refractivity (Wildman–Crippen MR) is 219 cm³/mol. The number of esters is 2. The minimum Gasteiger partial charge on any atom is -0.468 e. The number of rotatable bonds is 14. The van der Waals surface area contributed by atoms with E-state index in [1.54, 1.807) is 45.0 Å². The summed E-state index contributed by atoms with van der Waals surface area (Å²) in [6.07, 6.45) is 0.852. The van der Waals surface area contributed by atoms with Crippen molar-refractivity contribution in [1.29, 1.82) is 0 Å². The fraction of sp³-hybridized carbons (Fsp3) is 0.556. The Morgan fingerprint density at radius 2 is 1.13 bits per heavy atom. The number of nitrogens with one attached hydrogen (secondary N) is 2. The number of alkyl carbamates (subject to hydrolysis) is 2. The van der Waals surface area contributed by atoms with Gasteiger partial charge in [-0.15, -0.1) is 11.8 Å². The standard InChI is InChI=1S/C17H24ClNO4S.C15H22ClNO5S.C3H6O2S.CH4/c1-17(2,3)23-16(21)19-14(10-24-11-15(20)22-4)9-12-5-7-13(18)8-6-12;1-15(2,3)22-14(18)17-13(10-21-23(4,19)20)9-11-5-7-12(16)8-6-11;1-5-3(4)2-6;/h5-8,14H,9-11H2,1-4H3,(H,19,21);5-8,13H,9-10H2,1-4H3,(H,17,18);6H,2H2,1H3;1H4. The van der Waals surface area contributed by atoms with Crippen LogP contribution in [-0.2, 0) is 55.7 Å². The van der Waals surface area contributed by atoms with Gasteiger partial charge in [0.25, 0.3) is 10.1 Å². The zero-order valence-corrected chi connectivity index (χ0v) is 35.6. The normalized spacial score (nSPS) is 12.1. The van der Waals surface area contributed by atoms with E-state index in [0.29, 0.717) is 28.6 Å². The van der Waals surface area contributed by atoms with Gasteiger partial charge < -0.3 is 29.6 Å². The maximum absolute atomic E-state index is 12.0. The highest BCUT2D eigenvalue weighted by molar-refractivity contribution is 7.99. The quantitative estimate of drug-likeness (QED) is 0.0759. The second-order valence-electron chi connectivity index (χ2n) is 13.2. The second-order valence-corrected chi connectivity index (χ2v) is 17.0. The highest BCUT2D eigenvalue weighted by Crippen LogP contribution is 2.16. The van der Waals surface area contributed by atoms with Gasteiger partial charge in [-0.25, -0.2) is 9.59 Å². The molecule has 0 aliphatic heterocycles. The van der Waals surface area contributed by atoms with Crippen molar-refractivity contribution in [3.05, 3.63) is 69.7 Å². The summed E-state index contributed by atoms with van der Waals surface area (Å²) in [6, 6.07) is 13.8. The minimum atomic E-state index is -3.60. The lowest BCUT2D eigenvalue weighted by atomic mass is 10.1. The Morgan fingerprint density at radius 1 is 0.741 bits per heavy atom. The van der Waals surface area contributed by atoms with Gasteiger partial charge in [0.1, 0.15) is 11.2 Å². The van der Waals surface area contributed by atoms with E-state index in [-0.39, 0.29) is 43.5 Å². The van der Waals surface area contributed by atoms with E-state index < -0.39 is 39.5 Å². The predicted octanol–water partition coefficient (Wildman–Crippen LogP) is 7.16. The molecule has 2 aromatic carbocycles. The molecule has 2 rings (SSSR count). The Morgan fingerprint density at radius 3 is 1.46 bits per heavy atom. The first-order chi connectivity index (χ1) is 24.4. The van der Waals surface area contributed by atoms with Crippen LogP contribution in [0, 0.1) is 0 Å². The Balaban J connectivity index is 0. The summed E-state index contributed by atoms with van der Waals surface area (Å²) in [7, 11) is -0.916. The van der Waals surface area contributed by atoms with Crippen LogP contribution in [0.25, 0.3) is 0 Å². The Labute approximate surface area is 340 Å². The van der Waals surface area contributed by atoms with Crippen LogP contribution in [0.1, 0.15) is 60.1 Å². The molecule has 2 unspecified atom stereocenters. The van der Waals surface area contributed by atoms with Crippen molar-refractivity contribution in [2.24, 2.45) is 0 Å². The third-order valence-corrected chi connectivity index (χ3v) is 8.24. The van der Waals surface area contributed by atoms with Gasteiger partial charge in [-0.3, -0.25) is 13.8 Å². The summed E-state index contributed by atoms with van der Waals surface area (Å²) in [5.41, 5.74) is 0.715. The maximum Gasteiger partial charge on any atom is 0.407 e. The molecule has 2 N–H and O–H groups in total. The van der Waals surface area contributed by atoms with Crippen molar-refractivity contribution in [2.75, 3.05) is 44.3 Å². The van der Waals surface area contributed by atoms with Crippen molar-refractivity contribution in [3.63, 3.8) is 0 Å². The molecule has 0 radical (unpaired) electrons. The molecular formula is C36H56Cl2N2O11S3. The molecule has 13 nitrogen and oxygen atoms in total. The molecule has 0 aliphatic rings. The number of carbonyl (C=O) groups is 4. The number of ether oxygens (including phenoxy) is 4. The summed E-state index contributed by atoms with van der Waals surface area (Å²) in [6.45, 7) is 10.5. The highest BCUT2D eigenvalue weighted by atomic mass is 35.5. The number of hydrogen-bond donors (Lipinski definition) is 3. The third kappa shape index (κ3) is 30.4. The first-order valence-corrected chi connectivity index (χ1v) is 20.5. The van der Waals surface area contributed by atoms with Crippen LogP contribution < -0.4 is 10.6 Å². The molecule has 54 heavy (non-hydrogen) atoms. The van der Waals surface area contributed by atoms with Crippen LogP contribution in [0.15, 0.2) is 48.5 Å². The zero-order valence-electron chi connectivity index (χ0n) is 31.5. The van der Waals surface area contributed by atoms with E-state index in [4.69, 9.17) is 36.9 Å². The summed E-state index contributed by atoms with van der Waals surface area (Å²) >= 11 is 16.8. The van der Waals surface area contributed by atoms with Crippen molar-refractivity contribution in [1.82, 2.24) is 10.6 Å². The van der Waals surface area contributed by atoms with Crippen molar-refractivity contribution < 1.29 is 50.7 Å². The summed E-state index contributed by atoms with van der Waals surface area (Å²) < 4.78 is 46.4. The molecule has 0 aromatic heterocycles. The topological polar surface area (TPSA) is 173 Å². The van der Waals surface area contributed by atoms with E-state index in [0.717, 1.165) is 17.4 Å². The first kappa shape index (κ1) is 53.2. The molecule has 0 fully saturated rings. The van der Waals surface area contributed by atoms with Crippen LogP contribution in [0.3, 0.4) is 0 Å². The van der Waals surface area contributed by atoms with E-state index in [1.807, 2.05) is 45.0 Å². The molecule has 0 saturated heterocycles. The smallest absolute Gasteiger partial charge is 0.407 e. The van der Waals surface area contributed by atoms with Crippen molar-refractivity contribution in [2.45, 2.75) is 85.1 Å². The van der Waals surface area contributed by atoms with Crippen LogP contribution >= 0.6 is 47.6 Å². The van der Waals surface area contributed by atoms with Crippen LogP contribution in [0.4, 0.5) is 9.59 Å². The maximum atomic E-state index is 12.0. The SMILES string of the molecule is C.CC(C)(C)OC(=O)NC(COS(C)(=O)=O)Cc1ccc(Cl)cc1.COC(=O)CS.COC(=O)CSCC(Cc1ccc(Cl)cc1)NC(=O)OC(C)(C)C. The van der Waals surface area contributed by atoms with Gasteiger partial charge >= 0.3 is 24.1 Å². The summed E-state index contributed by atoms with van der Waals surface area (Å²) in [5.74, 6) is 0.387. The van der Waals surface area contributed by atoms with E-state index in [2.05, 4.69) is 32.7 Å². The molecule has 0 saturated carbocycles. The van der Waals surface area contributed by atoms with Gasteiger partial charge in [0, 0.05) is 21.8 Å². The van der Waals surface area contributed by atoms with E-state index >= 15 is 0 Å². The molecule has 0 heterocycles. The molecule has 2 atom stereocenters. The third-order valence-electron chi connectivity index (χ3n) is 5.84. The largest absolute Gasteiger partial charge is 0.468 e. The summed E-state index contributed by atoms with van der Waals surface area (Å²) in [4.78, 5) is 45.0. The minimum absolute atomic E-state index is 0. The summed E-state index contributed by atoms with van der Waals surface area (Å²) in [5, 5.41) is 6.74. The Kier molecular flexibility index (Phi) is 26.4. The molecule has 0 aliphatic carbocycles. The number of benzene rings is 2. The average Bonchev–Trinajstić information content (AvgIpc) is 3.03. The lowest BCUT2D eigenvalue weighted by Crippen LogP contribution is -2.43. The number of thiol groups is 1. The molecule has 0 bridgehead atoms. The van der Waals surface area contributed by atoms with Gasteiger partial charge in [0.05, 0.1) is 44.6 Å². The van der Waals surface area contributed by atoms with Gasteiger partial charge in [0.2, 0.25) is 0 Å². The van der Waals surface area contributed by atoms with Gasteiger partial charge in [-0.1, -0.05) is 54.9 Å². The molecular weight excluding hydrogens is 804 g/mol. The fourth-order valence-corrected chi connectivity index (χ4v) is 5.36. The number of carbonyl (C=O) groups excluding carboxylic acids is 4. The van der Waals surface area contributed by atoms with Gasteiger partial charge in [-0.2, -0.15) is 21.0 Å². The number of methoxy groups -OCH3 is 2. The number of halogens is 2. The lowest BCUT2D eigenvalue weighted by molar-refractivity contribution is -0.138. The molecule has 0 spiro atoms. The molecule has 2 aromatic rings. The van der Waals surface area contributed by atoms with Crippen LogP contribution in [0.2, 0.25) is 10.0 Å². The van der Waals surface area contributed by atoms with E-state index in [9.17, 15) is 27.6 Å². The monoisotopic (exact) mass is 858 g/mol. The number of thioether (sulfide) groups is 1. The molecule has 18 heteroatoms. The average molecular weight is 860 g/mol. The number of hydrogen-bond acceptors (Lipinski definition) is 13. The van der Waals surface area contributed by atoms with E-state index in [1.165, 1.54) is 26.0 Å². The second kappa shape index (κ2) is 26.8. The Hall–Kier alpha value is -2.89.